The Bertz CT molecular complexity index is 982. The van der Waals surface area contributed by atoms with Crippen LogP contribution in [0.15, 0.2) is 47.4 Å². The molecule has 3 rings (SSSR count). The first-order valence-electron chi connectivity index (χ1n) is 7.79. The highest BCUT2D eigenvalue weighted by Gasteiger charge is 2.45. The van der Waals surface area contributed by atoms with Crippen molar-refractivity contribution in [1.82, 2.24) is 4.31 Å². The Balaban J connectivity index is 1.89. The van der Waals surface area contributed by atoms with Crippen molar-refractivity contribution in [1.29, 1.82) is 0 Å². The predicted molar refractivity (Wildman–Crippen MR) is 93.8 cm³/mol. The smallest absolute Gasteiger partial charge is 0.269 e. The maximum Gasteiger partial charge on any atom is 0.269 e. The van der Waals surface area contributed by atoms with E-state index in [0.29, 0.717) is 9.99 Å². The second-order valence-electron chi connectivity index (χ2n) is 6.09. The Labute approximate surface area is 146 Å². The van der Waals surface area contributed by atoms with Gasteiger partial charge in [-0.25, -0.2) is 12.7 Å². The highest BCUT2D eigenvalue weighted by atomic mass is 32.2. The molecule has 0 aromatic heterocycles. The molecule has 0 radical (unpaired) electrons. The van der Waals surface area contributed by atoms with E-state index in [1.807, 2.05) is 26.0 Å². The van der Waals surface area contributed by atoms with Gasteiger partial charge in [-0.1, -0.05) is 29.8 Å². The number of benzene rings is 2. The SMILES string of the molecule is Cc1ccc(NC(=O)[C@H](C)N2C(=O)c3ccccc3S2(=O)=O)c(C)c1. The first kappa shape index (κ1) is 17.2. The van der Waals surface area contributed by atoms with Gasteiger partial charge in [0.15, 0.2) is 0 Å². The fourth-order valence-electron chi connectivity index (χ4n) is 2.88. The van der Waals surface area contributed by atoms with Crippen LogP contribution >= 0.6 is 0 Å². The van der Waals surface area contributed by atoms with Crippen LogP contribution in [0.3, 0.4) is 0 Å². The number of rotatable bonds is 3. The summed E-state index contributed by atoms with van der Waals surface area (Å²) in [6.45, 7) is 5.19. The molecular weight excluding hydrogens is 340 g/mol. The highest BCUT2D eigenvalue weighted by Crippen LogP contribution is 2.32. The van der Waals surface area contributed by atoms with Crippen LogP contribution in [-0.2, 0) is 14.8 Å². The molecule has 0 aliphatic carbocycles. The summed E-state index contributed by atoms with van der Waals surface area (Å²) in [5, 5.41) is 2.70. The third-order valence-corrected chi connectivity index (χ3v) is 6.14. The molecule has 0 spiro atoms. The Morgan fingerprint density at radius 1 is 1.12 bits per heavy atom. The first-order chi connectivity index (χ1) is 11.7. The lowest BCUT2D eigenvalue weighted by Gasteiger charge is -2.22. The highest BCUT2D eigenvalue weighted by molar-refractivity contribution is 7.90. The molecule has 25 heavy (non-hydrogen) atoms. The molecule has 1 atom stereocenters. The molecule has 130 valence electrons. The lowest BCUT2D eigenvalue weighted by molar-refractivity contribution is -0.118. The van der Waals surface area contributed by atoms with Gasteiger partial charge in [0.05, 0.1) is 5.56 Å². The fourth-order valence-corrected chi connectivity index (χ4v) is 4.61. The van der Waals surface area contributed by atoms with Crippen LogP contribution in [0.5, 0.6) is 0 Å². The maximum absolute atomic E-state index is 12.6. The van der Waals surface area contributed by atoms with Gasteiger partial charge in [-0.3, -0.25) is 9.59 Å². The van der Waals surface area contributed by atoms with Gasteiger partial charge in [0, 0.05) is 5.69 Å². The monoisotopic (exact) mass is 358 g/mol. The van der Waals surface area contributed by atoms with Crippen molar-refractivity contribution in [3.63, 3.8) is 0 Å². The standard InChI is InChI=1S/C18H18N2O4S/c1-11-8-9-15(12(2)10-11)19-17(21)13(3)20-18(22)14-6-4-5-7-16(14)25(20,23)24/h4-10,13H,1-3H3,(H,19,21)/t13-/m0/s1. The van der Waals surface area contributed by atoms with Gasteiger partial charge in [0.25, 0.3) is 15.9 Å². The fraction of sp³-hybridized carbons (Fsp3) is 0.222. The number of carbonyl (C=O) groups is 2. The largest absolute Gasteiger partial charge is 0.324 e. The minimum atomic E-state index is -4.03. The molecule has 1 N–H and O–H groups in total. The predicted octanol–water partition coefficient (Wildman–Crippen LogP) is 2.48. The number of hydrogen-bond donors (Lipinski definition) is 1. The number of carbonyl (C=O) groups excluding carboxylic acids is 2. The molecule has 1 aliphatic rings. The van der Waals surface area contributed by atoms with Crippen molar-refractivity contribution < 1.29 is 18.0 Å². The first-order valence-corrected chi connectivity index (χ1v) is 9.23. The van der Waals surface area contributed by atoms with Gasteiger partial charge in [-0.15, -0.1) is 0 Å². The summed E-state index contributed by atoms with van der Waals surface area (Å²) in [6.07, 6.45) is 0. The minimum Gasteiger partial charge on any atom is -0.324 e. The van der Waals surface area contributed by atoms with Crippen LogP contribution in [0.2, 0.25) is 0 Å². The number of amides is 2. The van der Waals surface area contributed by atoms with E-state index in [4.69, 9.17) is 0 Å². The summed E-state index contributed by atoms with van der Waals surface area (Å²) in [5.74, 6) is -1.24. The van der Waals surface area contributed by atoms with Gasteiger partial charge < -0.3 is 5.32 Å². The van der Waals surface area contributed by atoms with Gasteiger partial charge in [-0.05, 0) is 44.5 Å². The van der Waals surface area contributed by atoms with Crippen molar-refractivity contribution in [3.05, 3.63) is 59.2 Å². The number of anilines is 1. The average Bonchev–Trinajstić information content (AvgIpc) is 2.76. The summed E-state index contributed by atoms with van der Waals surface area (Å²) in [6, 6.07) is 10.3. The zero-order valence-electron chi connectivity index (χ0n) is 14.1. The molecule has 0 bridgehead atoms. The van der Waals surface area contributed by atoms with E-state index < -0.39 is 27.9 Å². The van der Waals surface area contributed by atoms with Crippen molar-refractivity contribution in [2.24, 2.45) is 0 Å². The van der Waals surface area contributed by atoms with Crippen LogP contribution in [0.1, 0.15) is 28.4 Å². The van der Waals surface area contributed by atoms with E-state index in [1.54, 1.807) is 18.2 Å². The second-order valence-corrected chi connectivity index (χ2v) is 7.87. The molecule has 2 aromatic carbocycles. The van der Waals surface area contributed by atoms with E-state index >= 15 is 0 Å². The molecular formula is C18H18N2O4S. The minimum absolute atomic E-state index is 0.0637. The third kappa shape index (κ3) is 2.80. The Kier molecular flexibility index (Phi) is 4.12. The Morgan fingerprint density at radius 2 is 1.80 bits per heavy atom. The maximum atomic E-state index is 12.6. The molecule has 0 fully saturated rings. The summed E-state index contributed by atoms with van der Waals surface area (Å²) >= 11 is 0. The number of fused-ring (bicyclic) bond motifs is 1. The zero-order chi connectivity index (χ0) is 18.4. The normalized spacial score (nSPS) is 16.4. The lowest BCUT2D eigenvalue weighted by atomic mass is 10.1. The Hall–Kier alpha value is -2.67. The van der Waals surface area contributed by atoms with Gasteiger partial charge in [-0.2, -0.15) is 0 Å². The summed E-state index contributed by atoms with van der Waals surface area (Å²) < 4.78 is 25.9. The van der Waals surface area contributed by atoms with Crippen molar-refractivity contribution >= 4 is 27.5 Å². The molecule has 6 nitrogen and oxygen atoms in total. The average molecular weight is 358 g/mol. The van der Waals surface area contributed by atoms with Crippen LogP contribution in [0.25, 0.3) is 0 Å². The van der Waals surface area contributed by atoms with Crippen molar-refractivity contribution in [2.75, 3.05) is 5.32 Å². The van der Waals surface area contributed by atoms with E-state index in [9.17, 15) is 18.0 Å². The molecule has 2 amide bonds. The van der Waals surface area contributed by atoms with E-state index in [1.165, 1.54) is 19.1 Å². The van der Waals surface area contributed by atoms with Crippen LogP contribution in [0, 0.1) is 13.8 Å². The van der Waals surface area contributed by atoms with Crippen LogP contribution < -0.4 is 5.32 Å². The van der Waals surface area contributed by atoms with Crippen molar-refractivity contribution in [2.45, 2.75) is 31.7 Å². The molecule has 7 heteroatoms. The van der Waals surface area contributed by atoms with E-state index in [2.05, 4.69) is 5.32 Å². The Morgan fingerprint density at radius 3 is 2.44 bits per heavy atom. The number of hydrogen-bond acceptors (Lipinski definition) is 4. The topological polar surface area (TPSA) is 83.6 Å². The number of nitrogens with one attached hydrogen (secondary N) is 1. The summed E-state index contributed by atoms with van der Waals surface area (Å²) in [7, 11) is -4.03. The molecule has 0 saturated carbocycles. The number of nitrogens with zero attached hydrogens (tertiary/aromatic N) is 1. The number of aryl methyl sites for hydroxylation is 2. The summed E-state index contributed by atoms with van der Waals surface area (Å²) in [4.78, 5) is 25.0. The quantitative estimate of drug-likeness (QED) is 0.914. The van der Waals surface area contributed by atoms with E-state index in [-0.39, 0.29) is 10.5 Å². The molecule has 0 saturated heterocycles. The van der Waals surface area contributed by atoms with Gasteiger partial charge >= 0.3 is 0 Å². The number of sulfonamides is 1. The zero-order valence-corrected chi connectivity index (χ0v) is 14.9. The second kappa shape index (κ2) is 6.00. The van der Waals surface area contributed by atoms with Crippen molar-refractivity contribution in [3.8, 4) is 0 Å². The molecule has 1 heterocycles. The van der Waals surface area contributed by atoms with E-state index in [0.717, 1.165) is 11.1 Å². The molecule has 1 aliphatic heterocycles. The lowest BCUT2D eigenvalue weighted by Crippen LogP contribution is -2.45. The molecule has 2 aromatic rings. The van der Waals surface area contributed by atoms with Crippen LogP contribution in [-0.4, -0.2) is 30.6 Å². The summed E-state index contributed by atoms with van der Waals surface area (Å²) in [5.41, 5.74) is 2.59. The van der Waals surface area contributed by atoms with Crippen LogP contribution in [0.4, 0.5) is 5.69 Å². The van der Waals surface area contributed by atoms with Gasteiger partial charge in [0.1, 0.15) is 10.9 Å². The van der Waals surface area contributed by atoms with Gasteiger partial charge in [0.2, 0.25) is 5.91 Å². The molecule has 0 unspecified atom stereocenters. The third-order valence-electron chi connectivity index (χ3n) is 4.23.